The number of halogens is 8. The maximum atomic E-state index is 14.5. The summed E-state index contributed by atoms with van der Waals surface area (Å²) < 4.78 is 118. The molecular formula is C13H14F8O4. The van der Waals surface area contributed by atoms with Gasteiger partial charge in [0.1, 0.15) is 11.2 Å². The zero-order valence-electron chi connectivity index (χ0n) is 13.1. The number of hydrogen-bond donors (Lipinski definition) is 0. The van der Waals surface area contributed by atoms with E-state index in [1.54, 1.807) is 0 Å². The minimum absolute atomic E-state index is 0.696. The van der Waals surface area contributed by atoms with Gasteiger partial charge in [-0.25, -0.2) is 4.79 Å². The minimum Gasteiger partial charge on any atom is -0.449 e. The average molecular weight is 386 g/mol. The van der Waals surface area contributed by atoms with Crippen molar-refractivity contribution in [3.05, 3.63) is 12.2 Å². The third kappa shape index (κ3) is 3.46. The molecule has 25 heavy (non-hydrogen) atoms. The molecule has 1 heterocycles. The van der Waals surface area contributed by atoms with E-state index in [2.05, 4.69) is 20.8 Å². The Morgan fingerprint density at radius 3 is 2.00 bits per heavy atom. The van der Waals surface area contributed by atoms with Crippen LogP contribution in [0.15, 0.2) is 12.2 Å². The van der Waals surface area contributed by atoms with Crippen LogP contribution in [0.3, 0.4) is 0 Å². The van der Waals surface area contributed by atoms with Crippen LogP contribution in [-0.2, 0) is 19.0 Å². The zero-order chi connectivity index (χ0) is 20.1. The molecule has 0 spiro atoms. The highest BCUT2D eigenvalue weighted by Gasteiger charge is 2.84. The van der Waals surface area contributed by atoms with Crippen LogP contribution in [0.1, 0.15) is 20.8 Å². The van der Waals surface area contributed by atoms with Gasteiger partial charge in [0, 0.05) is 6.61 Å². The number of rotatable bonds is 4. The van der Waals surface area contributed by atoms with Gasteiger partial charge >= 0.3 is 30.0 Å². The van der Waals surface area contributed by atoms with E-state index in [0.717, 1.165) is 6.92 Å². The van der Waals surface area contributed by atoms with Gasteiger partial charge in [0.15, 0.2) is 6.10 Å². The molecule has 0 aromatic rings. The van der Waals surface area contributed by atoms with Crippen molar-refractivity contribution >= 4 is 5.97 Å². The van der Waals surface area contributed by atoms with Crippen molar-refractivity contribution in [3.8, 4) is 0 Å². The monoisotopic (exact) mass is 386 g/mol. The first-order chi connectivity index (χ1) is 10.9. The summed E-state index contributed by atoms with van der Waals surface area (Å²) in [5.41, 5.74) is -4.67. The Morgan fingerprint density at radius 2 is 1.64 bits per heavy atom. The van der Waals surface area contributed by atoms with Crippen molar-refractivity contribution in [2.24, 2.45) is 0 Å². The molecule has 0 aromatic carbocycles. The van der Waals surface area contributed by atoms with E-state index >= 15 is 0 Å². The summed E-state index contributed by atoms with van der Waals surface area (Å²) in [5.74, 6) is -11.9. The SMILES string of the molecule is C=C(C(=O)OC1C(C)(C)OC(OCC)(C(F)(F)F)C1(F)F)C(F)(F)F. The van der Waals surface area contributed by atoms with Crippen molar-refractivity contribution in [2.75, 3.05) is 6.61 Å². The summed E-state index contributed by atoms with van der Waals surface area (Å²) in [7, 11) is 0. The molecule has 146 valence electrons. The van der Waals surface area contributed by atoms with E-state index in [-0.39, 0.29) is 0 Å². The summed E-state index contributed by atoms with van der Waals surface area (Å²) in [6, 6.07) is 0. The molecule has 1 fully saturated rings. The molecule has 0 bridgehead atoms. The maximum Gasteiger partial charge on any atom is 0.450 e. The number of esters is 1. The van der Waals surface area contributed by atoms with E-state index in [1.807, 2.05) is 0 Å². The Bertz CT molecular complexity index is 551. The fourth-order valence-corrected chi connectivity index (χ4v) is 2.27. The lowest BCUT2D eigenvalue weighted by molar-refractivity contribution is -0.426. The fraction of sp³-hybridized carbons (Fsp3) is 0.769. The van der Waals surface area contributed by atoms with Gasteiger partial charge in [0.05, 0.1) is 0 Å². The molecule has 0 amide bonds. The lowest BCUT2D eigenvalue weighted by Crippen LogP contribution is -2.61. The van der Waals surface area contributed by atoms with Gasteiger partial charge in [-0.15, -0.1) is 0 Å². The minimum atomic E-state index is -5.77. The first-order valence-electron chi connectivity index (χ1n) is 6.69. The lowest BCUT2D eigenvalue weighted by Gasteiger charge is -2.35. The van der Waals surface area contributed by atoms with Gasteiger partial charge in [0.25, 0.3) is 0 Å². The Kier molecular flexibility index (Phi) is 5.25. The zero-order valence-corrected chi connectivity index (χ0v) is 13.1. The molecule has 2 unspecified atom stereocenters. The van der Waals surface area contributed by atoms with Gasteiger partial charge in [-0.1, -0.05) is 6.58 Å². The first-order valence-corrected chi connectivity index (χ1v) is 6.69. The molecule has 1 rings (SSSR count). The Balaban J connectivity index is 3.33. The Hall–Kier alpha value is -1.43. The molecular weight excluding hydrogens is 372 g/mol. The van der Waals surface area contributed by atoms with Gasteiger partial charge in [0.2, 0.25) is 0 Å². The number of carbonyl (C=O) groups excluding carboxylic acids is 1. The van der Waals surface area contributed by atoms with Crippen molar-refractivity contribution in [2.45, 2.75) is 56.5 Å². The number of hydrogen-bond acceptors (Lipinski definition) is 4. The molecule has 0 aromatic heterocycles. The highest BCUT2D eigenvalue weighted by Crippen LogP contribution is 2.57. The lowest BCUT2D eigenvalue weighted by atomic mass is 9.95. The van der Waals surface area contributed by atoms with Crippen LogP contribution in [0, 0.1) is 0 Å². The summed E-state index contributed by atoms with van der Waals surface area (Å²) in [5, 5.41) is 0. The highest BCUT2D eigenvalue weighted by molar-refractivity contribution is 5.89. The van der Waals surface area contributed by atoms with Crippen LogP contribution in [0.4, 0.5) is 35.1 Å². The van der Waals surface area contributed by atoms with Crippen LogP contribution >= 0.6 is 0 Å². The van der Waals surface area contributed by atoms with Crippen molar-refractivity contribution in [3.63, 3.8) is 0 Å². The molecule has 1 saturated heterocycles. The van der Waals surface area contributed by atoms with Gasteiger partial charge < -0.3 is 14.2 Å². The molecule has 1 aliphatic rings. The third-order valence-corrected chi connectivity index (χ3v) is 3.34. The summed E-state index contributed by atoms with van der Waals surface area (Å²) in [6.07, 6.45) is -14.1. The van der Waals surface area contributed by atoms with Crippen LogP contribution < -0.4 is 0 Å². The summed E-state index contributed by atoms with van der Waals surface area (Å²) in [4.78, 5) is 11.4. The quantitative estimate of drug-likeness (QED) is 0.419. The molecule has 4 nitrogen and oxygen atoms in total. The van der Waals surface area contributed by atoms with Crippen LogP contribution in [0.2, 0.25) is 0 Å². The molecule has 0 N–H and O–H groups in total. The largest absolute Gasteiger partial charge is 0.450 e. The van der Waals surface area contributed by atoms with Crippen LogP contribution in [0.25, 0.3) is 0 Å². The van der Waals surface area contributed by atoms with E-state index in [9.17, 15) is 39.9 Å². The number of ether oxygens (including phenoxy) is 3. The normalized spacial score (nSPS) is 28.7. The second-order valence-corrected chi connectivity index (χ2v) is 5.64. The fourth-order valence-electron chi connectivity index (χ4n) is 2.27. The van der Waals surface area contributed by atoms with Gasteiger partial charge in [-0.05, 0) is 20.8 Å². The second kappa shape index (κ2) is 6.08. The van der Waals surface area contributed by atoms with Crippen LogP contribution in [-0.4, -0.2) is 48.3 Å². The predicted molar refractivity (Wildman–Crippen MR) is 65.6 cm³/mol. The summed E-state index contributed by atoms with van der Waals surface area (Å²) >= 11 is 0. The van der Waals surface area contributed by atoms with Crippen LogP contribution in [0.5, 0.6) is 0 Å². The average Bonchev–Trinajstić information content (AvgIpc) is 2.54. The Morgan fingerprint density at radius 1 is 1.16 bits per heavy atom. The smallest absolute Gasteiger partial charge is 0.449 e. The third-order valence-electron chi connectivity index (χ3n) is 3.34. The first kappa shape index (κ1) is 21.6. The van der Waals surface area contributed by atoms with E-state index in [0.29, 0.717) is 13.8 Å². The molecule has 0 radical (unpaired) electrons. The molecule has 0 aliphatic carbocycles. The molecule has 2 atom stereocenters. The van der Waals surface area contributed by atoms with Gasteiger partial charge in [-0.2, -0.15) is 35.1 Å². The standard InChI is InChI=1S/C13H14F8O4/c1-5-23-12(13(19,20)21)10(14,15)8(9(3,4)25-12)24-7(22)6(2)11(16,17)18/h8H,2,5H2,1,3-4H3. The van der Waals surface area contributed by atoms with Crippen molar-refractivity contribution in [1.82, 2.24) is 0 Å². The van der Waals surface area contributed by atoms with E-state index in [4.69, 9.17) is 0 Å². The summed E-state index contributed by atoms with van der Waals surface area (Å²) in [6.45, 7) is 3.86. The van der Waals surface area contributed by atoms with E-state index in [1.165, 1.54) is 0 Å². The van der Waals surface area contributed by atoms with Crippen molar-refractivity contribution < 1.29 is 54.1 Å². The maximum absolute atomic E-state index is 14.5. The number of carbonyl (C=O) groups is 1. The van der Waals surface area contributed by atoms with Gasteiger partial charge in [-0.3, -0.25) is 0 Å². The molecule has 1 aliphatic heterocycles. The molecule has 0 saturated carbocycles. The van der Waals surface area contributed by atoms with Crippen molar-refractivity contribution in [1.29, 1.82) is 0 Å². The highest BCUT2D eigenvalue weighted by atomic mass is 19.4. The molecule has 12 heteroatoms. The number of alkyl halides is 8. The Labute approximate surface area is 136 Å². The second-order valence-electron chi connectivity index (χ2n) is 5.64. The predicted octanol–water partition coefficient (Wildman–Crippen LogP) is 3.76. The van der Waals surface area contributed by atoms with E-state index < -0.39 is 53.9 Å². The topological polar surface area (TPSA) is 44.8 Å².